The molecule has 232 valence electrons. The minimum absolute atomic E-state index is 0.00547. The minimum atomic E-state index is -0.494. The van der Waals surface area contributed by atoms with Gasteiger partial charge in [0.1, 0.15) is 5.75 Å². The van der Waals surface area contributed by atoms with Crippen LogP contribution in [0.15, 0.2) is 18.2 Å². The van der Waals surface area contributed by atoms with Gasteiger partial charge in [-0.3, -0.25) is 4.79 Å². The van der Waals surface area contributed by atoms with Gasteiger partial charge in [-0.2, -0.15) is 0 Å². The van der Waals surface area contributed by atoms with Crippen molar-refractivity contribution < 1.29 is 29.0 Å². The van der Waals surface area contributed by atoms with Crippen molar-refractivity contribution in [2.45, 2.75) is 98.1 Å². The number of carbonyl (C=O) groups is 3. The number of benzene rings is 1. The number of nitrogens with zero attached hydrogens (tertiary/aromatic N) is 2. The summed E-state index contributed by atoms with van der Waals surface area (Å²) in [4.78, 5) is 42.3. The van der Waals surface area contributed by atoms with Gasteiger partial charge in [0.2, 0.25) is 0 Å². The zero-order valence-electron chi connectivity index (χ0n) is 26.0. The number of rotatable bonds is 7. The van der Waals surface area contributed by atoms with Crippen molar-refractivity contribution in [2.75, 3.05) is 38.7 Å². The first-order chi connectivity index (χ1) is 19.3. The first kappa shape index (κ1) is 34.2. The number of urea groups is 2. The maximum absolute atomic E-state index is 14.1. The fourth-order valence-electron chi connectivity index (χ4n) is 4.60. The number of likely N-dealkylation sites (N-methyl/N-ethyl adjacent to an activating group) is 1. The van der Waals surface area contributed by atoms with Crippen LogP contribution in [0.3, 0.4) is 0 Å². The van der Waals surface area contributed by atoms with Gasteiger partial charge in [-0.25, -0.2) is 9.59 Å². The van der Waals surface area contributed by atoms with Crippen LogP contribution in [0.5, 0.6) is 5.75 Å². The summed E-state index contributed by atoms with van der Waals surface area (Å²) in [6.45, 7) is 14.2. The van der Waals surface area contributed by atoms with Crippen LogP contribution in [0.1, 0.15) is 78.1 Å². The van der Waals surface area contributed by atoms with E-state index in [0.29, 0.717) is 30.2 Å². The van der Waals surface area contributed by atoms with Crippen LogP contribution < -0.4 is 20.7 Å². The summed E-state index contributed by atoms with van der Waals surface area (Å²) >= 11 is 0. The maximum atomic E-state index is 14.1. The molecule has 4 N–H and O–H groups in total. The van der Waals surface area contributed by atoms with Crippen molar-refractivity contribution in [1.82, 2.24) is 20.4 Å². The van der Waals surface area contributed by atoms with Gasteiger partial charge in [-0.15, -0.1) is 0 Å². The number of hydrogen-bond donors (Lipinski definition) is 4. The van der Waals surface area contributed by atoms with Gasteiger partial charge in [0.15, 0.2) is 0 Å². The molecule has 1 aliphatic heterocycles. The monoisotopic (exact) mass is 577 g/mol. The third kappa shape index (κ3) is 11.0. The molecule has 4 atom stereocenters. The highest BCUT2D eigenvalue weighted by atomic mass is 16.5. The van der Waals surface area contributed by atoms with Gasteiger partial charge in [0.05, 0.1) is 30.4 Å². The van der Waals surface area contributed by atoms with Crippen LogP contribution in [-0.4, -0.2) is 96.6 Å². The second kappa shape index (κ2) is 16.4. The molecule has 0 aromatic heterocycles. The largest absolute Gasteiger partial charge is 0.490 e. The number of carbonyl (C=O) groups excluding carboxylic acids is 3. The maximum Gasteiger partial charge on any atom is 0.319 e. The summed E-state index contributed by atoms with van der Waals surface area (Å²) in [5.41, 5.74) is 0.755. The summed E-state index contributed by atoms with van der Waals surface area (Å²) in [5.74, 6) is -0.0584. The normalized spacial score (nSPS) is 21.4. The van der Waals surface area contributed by atoms with Crippen molar-refractivity contribution in [3.8, 4) is 5.75 Å². The Labute approximate surface area is 245 Å². The van der Waals surface area contributed by atoms with Gasteiger partial charge in [-0.05, 0) is 79.0 Å². The van der Waals surface area contributed by atoms with Crippen LogP contribution in [0.2, 0.25) is 0 Å². The smallest absolute Gasteiger partial charge is 0.319 e. The lowest BCUT2D eigenvalue weighted by Crippen LogP contribution is -2.49. The van der Waals surface area contributed by atoms with E-state index in [9.17, 15) is 19.5 Å². The second-order valence-electron chi connectivity index (χ2n) is 11.7. The number of anilines is 1. The fourth-order valence-corrected chi connectivity index (χ4v) is 4.60. The third-order valence-corrected chi connectivity index (χ3v) is 6.94. The van der Waals surface area contributed by atoms with Crippen molar-refractivity contribution >= 4 is 23.7 Å². The van der Waals surface area contributed by atoms with E-state index in [1.165, 1.54) is 0 Å². The van der Waals surface area contributed by atoms with Crippen LogP contribution in [0, 0.1) is 5.92 Å². The van der Waals surface area contributed by atoms with Crippen molar-refractivity contribution in [1.29, 1.82) is 0 Å². The molecule has 2 rings (SSSR count). The van der Waals surface area contributed by atoms with Crippen LogP contribution in [0.25, 0.3) is 0 Å². The molecular weight excluding hydrogens is 526 g/mol. The first-order valence-electron chi connectivity index (χ1n) is 14.8. The quantitative estimate of drug-likeness (QED) is 0.386. The number of fused-ring (bicyclic) bond motifs is 1. The van der Waals surface area contributed by atoms with Crippen molar-refractivity contribution in [3.63, 3.8) is 0 Å². The average Bonchev–Trinajstić information content (AvgIpc) is 2.89. The lowest BCUT2D eigenvalue weighted by Gasteiger charge is -2.36. The van der Waals surface area contributed by atoms with E-state index in [1.807, 2.05) is 41.5 Å². The Morgan fingerprint density at radius 2 is 1.78 bits per heavy atom. The van der Waals surface area contributed by atoms with Gasteiger partial charge in [0, 0.05) is 50.4 Å². The lowest BCUT2D eigenvalue weighted by atomic mass is 10.0. The molecule has 1 heterocycles. The summed E-state index contributed by atoms with van der Waals surface area (Å²) in [6, 6.07) is 3.95. The SMILES string of the molecule is CC(C)NC(=O)Nc1ccc2c(c1)C(=O)N([C@@H](C)CO)C[C@@H](C)[C@H](CN(C)C(=O)NC(C)C)OCCCC[C@H](C)O2. The number of nitrogens with one attached hydrogen (secondary N) is 3. The number of hydrogen-bond acceptors (Lipinski definition) is 6. The Morgan fingerprint density at radius 3 is 2.41 bits per heavy atom. The Bertz CT molecular complexity index is 1000. The number of aliphatic hydroxyl groups is 1. The number of aliphatic hydroxyl groups excluding tert-OH is 1. The minimum Gasteiger partial charge on any atom is -0.490 e. The van der Waals surface area contributed by atoms with Crippen molar-refractivity contribution in [3.05, 3.63) is 23.8 Å². The lowest BCUT2D eigenvalue weighted by molar-refractivity contribution is -0.0122. The van der Waals surface area contributed by atoms with E-state index in [0.717, 1.165) is 19.3 Å². The topological polar surface area (TPSA) is 132 Å². The van der Waals surface area contributed by atoms with E-state index >= 15 is 0 Å². The molecule has 0 fully saturated rings. The summed E-state index contributed by atoms with van der Waals surface area (Å²) in [6.07, 6.45) is 1.98. The number of ether oxygens (including phenoxy) is 2. The molecule has 0 bridgehead atoms. The highest BCUT2D eigenvalue weighted by Crippen LogP contribution is 2.28. The Balaban J connectivity index is 2.44. The first-order valence-corrected chi connectivity index (χ1v) is 14.8. The molecule has 0 saturated carbocycles. The van der Waals surface area contributed by atoms with Crippen molar-refractivity contribution in [2.24, 2.45) is 5.92 Å². The molecule has 1 aromatic carbocycles. The summed E-state index contributed by atoms with van der Waals surface area (Å²) < 4.78 is 12.5. The Morgan fingerprint density at radius 1 is 1.10 bits per heavy atom. The molecule has 0 saturated heterocycles. The van der Waals surface area contributed by atoms with Crippen LogP contribution >= 0.6 is 0 Å². The Kier molecular flexibility index (Phi) is 13.7. The zero-order valence-corrected chi connectivity index (χ0v) is 26.0. The molecule has 11 nitrogen and oxygen atoms in total. The molecule has 5 amide bonds. The van der Waals surface area contributed by atoms with Gasteiger partial charge < -0.3 is 40.3 Å². The van der Waals surface area contributed by atoms with Gasteiger partial charge in [-0.1, -0.05) is 6.92 Å². The van der Waals surface area contributed by atoms with E-state index < -0.39 is 6.04 Å². The third-order valence-electron chi connectivity index (χ3n) is 6.94. The number of amides is 5. The molecule has 0 unspecified atom stereocenters. The average molecular weight is 578 g/mol. The standard InChI is InChI=1S/C30H51N5O6/c1-19(2)31-29(38)33-24-12-13-26-25(15-24)28(37)35(22(6)18-36)16-21(5)27(17-34(8)30(39)32-20(3)4)40-14-10-9-11-23(7)41-26/h12-13,15,19-23,27,36H,9-11,14,16-18H2,1-8H3,(H,32,39)(H2,31,33,38)/t21-,22+,23+,27+/m1/s1. The second-order valence-corrected chi connectivity index (χ2v) is 11.7. The summed E-state index contributed by atoms with van der Waals surface area (Å²) in [7, 11) is 1.73. The van der Waals surface area contributed by atoms with Crippen LogP contribution in [0.4, 0.5) is 15.3 Å². The highest BCUT2D eigenvalue weighted by Gasteiger charge is 2.31. The molecule has 0 aliphatic carbocycles. The molecule has 11 heteroatoms. The van der Waals surface area contributed by atoms with Gasteiger partial charge >= 0.3 is 12.1 Å². The molecule has 0 radical (unpaired) electrons. The van der Waals surface area contributed by atoms with E-state index in [1.54, 1.807) is 42.0 Å². The summed E-state index contributed by atoms with van der Waals surface area (Å²) in [5, 5.41) is 18.6. The zero-order chi connectivity index (χ0) is 30.7. The fraction of sp³-hybridized carbons (Fsp3) is 0.700. The molecular formula is C30H51N5O6. The van der Waals surface area contributed by atoms with E-state index in [-0.39, 0.29) is 61.3 Å². The van der Waals surface area contributed by atoms with E-state index in [4.69, 9.17) is 9.47 Å². The molecule has 1 aromatic rings. The predicted molar refractivity (Wildman–Crippen MR) is 160 cm³/mol. The highest BCUT2D eigenvalue weighted by molar-refractivity contribution is 5.99. The molecule has 41 heavy (non-hydrogen) atoms. The predicted octanol–water partition coefficient (Wildman–Crippen LogP) is 4.06. The van der Waals surface area contributed by atoms with Gasteiger partial charge in [0.25, 0.3) is 5.91 Å². The molecule has 1 aliphatic rings. The molecule has 0 spiro atoms. The Hall–Kier alpha value is -3.05. The van der Waals surface area contributed by atoms with Crippen LogP contribution in [-0.2, 0) is 4.74 Å². The van der Waals surface area contributed by atoms with E-state index in [2.05, 4.69) is 16.0 Å².